The van der Waals surface area contributed by atoms with Crippen molar-refractivity contribution in [3.05, 3.63) is 15.6 Å². The van der Waals surface area contributed by atoms with Crippen LogP contribution in [-0.4, -0.2) is 37.1 Å². The van der Waals surface area contributed by atoms with Crippen molar-refractivity contribution in [1.82, 2.24) is 15.2 Å². The fourth-order valence-corrected chi connectivity index (χ4v) is 4.64. The number of aryl methyl sites for hydroxylation is 2. The Kier molecular flexibility index (Phi) is 3.43. The summed E-state index contributed by atoms with van der Waals surface area (Å²) in [6.45, 7) is 2.39. The second kappa shape index (κ2) is 4.91. The van der Waals surface area contributed by atoms with E-state index >= 15 is 0 Å². The van der Waals surface area contributed by atoms with Gasteiger partial charge < -0.3 is 10.2 Å². The topological polar surface area (TPSA) is 28.2 Å². The highest BCUT2D eigenvalue weighted by Gasteiger charge is 2.36. The lowest BCUT2D eigenvalue weighted by molar-refractivity contribution is 0.296. The average Bonchev–Trinajstić information content (AvgIpc) is 2.89. The third kappa shape index (κ3) is 2.10. The van der Waals surface area contributed by atoms with Gasteiger partial charge in [-0.15, -0.1) is 11.3 Å². The van der Waals surface area contributed by atoms with Crippen molar-refractivity contribution in [2.24, 2.45) is 0 Å². The molecule has 0 bridgehead atoms. The van der Waals surface area contributed by atoms with Crippen molar-refractivity contribution in [3.8, 4) is 0 Å². The van der Waals surface area contributed by atoms with Gasteiger partial charge in [0.1, 0.15) is 5.01 Å². The molecule has 2 aliphatic rings. The molecular formula is C14H23N3S. The van der Waals surface area contributed by atoms with Gasteiger partial charge in [0.15, 0.2) is 0 Å². The van der Waals surface area contributed by atoms with Gasteiger partial charge >= 0.3 is 0 Å². The number of hydrogen-bond acceptors (Lipinski definition) is 4. The van der Waals surface area contributed by atoms with Gasteiger partial charge in [-0.3, -0.25) is 0 Å². The molecule has 0 amide bonds. The Labute approximate surface area is 114 Å². The molecule has 3 rings (SSSR count). The van der Waals surface area contributed by atoms with Crippen molar-refractivity contribution in [1.29, 1.82) is 0 Å². The second-order valence-corrected chi connectivity index (χ2v) is 6.81. The molecule has 1 aromatic rings. The van der Waals surface area contributed by atoms with E-state index in [0.717, 1.165) is 0 Å². The molecule has 0 spiro atoms. The number of thiazole rings is 1. The molecule has 0 radical (unpaired) electrons. The van der Waals surface area contributed by atoms with Gasteiger partial charge in [-0.05, 0) is 59.2 Å². The van der Waals surface area contributed by atoms with Gasteiger partial charge in [-0.2, -0.15) is 0 Å². The minimum Gasteiger partial charge on any atom is -0.308 e. The smallest absolute Gasteiger partial charge is 0.113 e. The van der Waals surface area contributed by atoms with Crippen LogP contribution in [0, 0.1) is 0 Å². The molecule has 1 aromatic heterocycles. The third-order valence-electron chi connectivity index (χ3n) is 4.55. The average molecular weight is 265 g/mol. The first kappa shape index (κ1) is 12.6. The molecule has 1 fully saturated rings. The summed E-state index contributed by atoms with van der Waals surface area (Å²) in [4.78, 5) is 8.96. The summed E-state index contributed by atoms with van der Waals surface area (Å²) >= 11 is 1.97. The SMILES string of the molecule is CNC1(c2nc3c(s2)CCC3)CCCN(C)CC1. The lowest BCUT2D eigenvalue weighted by atomic mass is 9.91. The van der Waals surface area contributed by atoms with E-state index in [4.69, 9.17) is 4.98 Å². The summed E-state index contributed by atoms with van der Waals surface area (Å²) in [6.07, 6.45) is 7.44. The number of nitrogens with one attached hydrogen (secondary N) is 1. The van der Waals surface area contributed by atoms with Crippen LogP contribution in [0.4, 0.5) is 0 Å². The molecular weight excluding hydrogens is 242 g/mol. The fourth-order valence-electron chi connectivity index (χ4n) is 3.24. The van der Waals surface area contributed by atoms with Crippen molar-refractivity contribution < 1.29 is 0 Å². The highest BCUT2D eigenvalue weighted by Crippen LogP contribution is 2.38. The number of likely N-dealkylation sites (tertiary alicyclic amines) is 1. The largest absolute Gasteiger partial charge is 0.308 e. The van der Waals surface area contributed by atoms with Gasteiger partial charge in [0.25, 0.3) is 0 Å². The summed E-state index contributed by atoms with van der Waals surface area (Å²) in [5, 5.41) is 4.96. The molecule has 4 heteroatoms. The molecule has 1 aliphatic heterocycles. The molecule has 0 saturated carbocycles. The van der Waals surface area contributed by atoms with Crippen molar-refractivity contribution in [3.63, 3.8) is 0 Å². The molecule has 18 heavy (non-hydrogen) atoms. The third-order valence-corrected chi connectivity index (χ3v) is 5.91. The van der Waals surface area contributed by atoms with Crippen LogP contribution in [0.3, 0.4) is 0 Å². The van der Waals surface area contributed by atoms with Gasteiger partial charge in [0.2, 0.25) is 0 Å². The summed E-state index contributed by atoms with van der Waals surface area (Å²) in [5.74, 6) is 0. The van der Waals surface area contributed by atoms with Gasteiger partial charge in [0, 0.05) is 11.4 Å². The summed E-state index contributed by atoms with van der Waals surface area (Å²) in [5.41, 5.74) is 1.53. The maximum atomic E-state index is 4.96. The Hall–Kier alpha value is -0.450. The molecule has 1 aliphatic carbocycles. The van der Waals surface area contributed by atoms with Gasteiger partial charge in [-0.25, -0.2) is 4.98 Å². The summed E-state index contributed by atoms with van der Waals surface area (Å²) in [6, 6.07) is 0. The van der Waals surface area contributed by atoms with Crippen LogP contribution in [0.5, 0.6) is 0 Å². The zero-order valence-corrected chi connectivity index (χ0v) is 12.3. The maximum Gasteiger partial charge on any atom is 0.113 e. The van der Waals surface area contributed by atoms with Crippen molar-refractivity contribution in [2.45, 2.75) is 44.1 Å². The normalized spacial score (nSPS) is 29.2. The maximum absolute atomic E-state index is 4.96. The van der Waals surface area contributed by atoms with Crippen LogP contribution in [0.25, 0.3) is 0 Å². The predicted octanol–water partition coefficient (Wildman–Crippen LogP) is 2.16. The number of rotatable bonds is 2. The Bertz CT molecular complexity index is 407. The fraction of sp³-hybridized carbons (Fsp3) is 0.786. The minimum absolute atomic E-state index is 0.139. The first-order chi connectivity index (χ1) is 8.73. The number of hydrogen-bond donors (Lipinski definition) is 1. The number of aromatic nitrogens is 1. The monoisotopic (exact) mass is 265 g/mol. The van der Waals surface area contributed by atoms with Crippen LogP contribution < -0.4 is 5.32 Å². The lowest BCUT2D eigenvalue weighted by Gasteiger charge is -2.30. The van der Waals surface area contributed by atoms with Crippen molar-refractivity contribution in [2.75, 3.05) is 27.2 Å². The van der Waals surface area contributed by atoms with E-state index < -0.39 is 0 Å². The Morgan fingerprint density at radius 2 is 2.11 bits per heavy atom. The molecule has 2 heterocycles. The van der Waals surface area contributed by atoms with E-state index in [-0.39, 0.29) is 5.54 Å². The van der Waals surface area contributed by atoms with Crippen LogP contribution in [-0.2, 0) is 18.4 Å². The molecule has 100 valence electrons. The molecule has 1 N–H and O–H groups in total. The Balaban J connectivity index is 1.89. The second-order valence-electron chi connectivity index (χ2n) is 5.73. The standard InChI is InChI=1S/C14H23N3S/c1-15-14(7-4-9-17(2)10-8-14)13-16-11-5-3-6-12(11)18-13/h15H,3-10H2,1-2H3. The molecule has 3 nitrogen and oxygen atoms in total. The number of fused-ring (bicyclic) bond motifs is 1. The van der Waals surface area contributed by atoms with Crippen LogP contribution in [0.15, 0.2) is 0 Å². The quantitative estimate of drug-likeness (QED) is 0.888. The van der Waals surface area contributed by atoms with E-state index in [2.05, 4.69) is 24.3 Å². The Morgan fingerprint density at radius 3 is 2.89 bits per heavy atom. The van der Waals surface area contributed by atoms with E-state index in [1.165, 1.54) is 62.3 Å². The molecule has 0 aromatic carbocycles. The van der Waals surface area contributed by atoms with Crippen LogP contribution >= 0.6 is 11.3 Å². The van der Waals surface area contributed by atoms with Gasteiger partial charge in [-0.1, -0.05) is 0 Å². The molecule has 1 unspecified atom stereocenters. The summed E-state index contributed by atoms with van der Waals surface area (Å²) in [7, 11) is 4.34. The molecule has 1 saturated heterocycles. The zero-order chi connectivity index (χ0) is 12.6. The van der Waals surface area contributed by atoms with E-state index in [1.54, 1.807) is 4.88 Å². The van der Waals surface area contributed by atoms with Crippen LogP contribution in [0.2, 0.25) is 0 Å². The van der Waals surface area contributed by atoms with Crippen molar-refractivity contribution >= 4 is 11.3 Å². The van der Waals surface area contributed by atoms with E-state index in [1.807, 2.05) is 11.3 Å². The van der Waals surface area contributed by atoms with Crippen LogP contribution in [0.1, 0.15) is 41.3 Å². The highest BCUT2D eigenvalue weighted by molar-refractivity contribution is 7.12. The highest BCUT2D eigenvalue weighted by atomic mass is 32.1. The number of nitrogens with zero attached hydrogens (tertiary/aromatic N) is 2. The molecule has 1 atom stereocenters. The minimum atomic E-state index is 0.139. The predicted molar refractivity (Wildman–Crippen MR) is 76.2 cm³/mol. The first-order valence-corrected chi connectivity index (χ1v) is 7.92. The van der Waals surface area contributed by atoms with E-state index in [0.29, 0.717) is 0 Å². The first-order valence-electron chi connectivity index (χ1n) is 7.10. The van der Waals surface area contributed by atoms with Gasteiger partial charge in [0.05, 0.1) is 11.2 Å². The lowest BCUT2D eigenvalue weighted by Crippen LogP contribution is -2.40. The zero-order valence-electron chi connectivity index (χ0n) is 11.5. The Morgan fingerprint density at radius 1 is 1.22 bits per heavy atom. The summed E-state index contributed by atoms with van der Waals surface area (Å²) < 4.78 is 0. The van der Waals surface area contributed by atoms with E-state index in [9.17, 15) is 0 Å².